The molecule has 1 N–H and O–H groups in total. The Morgan fingerprint density at radius 3 is 2.45 bits per heavy atom. The molecule has 0 radical (unpaired) electrons. The number of carboxylic acids is 1. The molecule has 0 saturated carbocycles. The van der Waals surface area contributed by atoms with Crippen LogP contribution in [-0.2, 0) is 0 Å². The van der Waals surface area contributed by atoms with Gasteiger partial charge in [-0.15, -0.1) is 0 Å². The highest BCUT2D eigenvalue weighted by Gasteiger charge is 2.07. The quantitative estimate of drug-likeness (QED) is 0.885. The summed E-state index contributed by atoms with van der Waals surface area (Å²) in [4.78, 5) is 22.8. The molecule has 0 saturated heterocycles. The van der Waals surface area contributed by atoms with Gasteiger partial charge >= 0.3 is 0 Å². The molecule has 5 heteroatoms. The summed E-state index contributed by atoms with van der Waals surface area (Å²) in [5.41, 5.74) is 1.04. The zero-order chi connectivity index (χ0) is 15.9. The predicted octanol–water partition coefficient (Wildman–Crippen LogP) is 2.09. The van der Waals surface area contributed by atoms with Crippen LogP contribution >= 0.6 is 0 Å². The number of carboxylic acid groups (broad SMARTS) is 1. The van der Waals surface area contributed by atoms with Gasteiger partial charge in [0.2, 0.25) is 0 Å². The van der Waals surface area contributed by atoms with E-state index >= 15 is 0 Å². The lowest BCUT2D eigenvalue weighted by Crippen LogP contribution is -2.22. The Morgan fingerprint density at radius 1 is 1.09 bits per heavy atom. The standard InChI is InChI=1S/C17H17NO4/c1-2-10-22-15-5-3-4-13(11-15)16(19)18-14-8-6-12(7-9-14)17(20)21/h3-9,11H,2,10H2,1H3,(H,18,19)(H,20,21)/p-1. The second-order valence-electron chi connectivity index (χ2n) is 4.70. The molecule has 0 aliphatic heterocycles. The highest BCUT2D eigenvalue weighted by atomic mass is 16.5. The van der Waals surface area contributed by atoms with Gasteiger partial charge in [-0.2, -0.15) is 0 Å². The fourth-order valence-corrected chi connectivity index (χ4v) is 1.84. The van der Waals surface area contributed by atoms with Crippen LogP contribution in [0.5, 0.6) is 5.75 Å². The van der Waals surface area contributed by atoms with Crippen molar-refractivity contribution in [3.05, 3.63) is 59.7 Å². The zero-order valence-electron chi connectivity index (χ0n) is 12.2. The van der Waals surface area contributed by atoms with E-state index in [1.54, 1.807) is 24.3 Å². The van der Waals surface area contributed by atoms with Gasteiger partial charge in [-0.3, -0.25) is 4.79 Å². The SMILES string of the molecule is CCCOc1cccc(C(=O)Nc2ccc(C(=O)[O-])cc2)c1. The van der Waals surface area contributed by atoms with E-state index in [9.17, 15) is 14.7 Å². The van der Waals surface area contributed by atoms with Gasteiger partial charge in [0.25, 0.3) is 5.91 Å². The molecule has 0 spiro atoms. The van der Waals surface area contributed by atoms with E-state index in [0.717, 1.165) is 6.42 Å². The first kappa shape index (κ1) is 15.6. The van der Waals surface area contributed by atoms with Gasteiger partial charge in [-0.25, -0.2) is 0 Å². The van der Waals surface area contributed by atoms with Crippen LogP contribution in [0.1, 0.15) is 34.1 Å². The fraction of sp³-hybridized carbons (Fsp3) is 0.176. The third-order valence-electron chi connectivity index (χ3n) is 2.95. The maximum atomic E-state index is 12.2. The van der Waals surface area contributed by atoms with Gasteiger partial charge in [-0.1, -0.05) is 25.1 Å². The van der Waals surface area contributed by atoms with Crippen LogP contribution in [-0.4, -0.2) is 18.5 Å². The molecule has 0 heterocycles. The molecule has 2 rings (SSSR count). The second kappa shape index (κ2) is 7.26. The summed E-state index contributed by atoms with van der Waals surface area (Å²) in [5.74, 6) is -0.899. The Balaban J connectivity index is 2.06. The van der Waals surface area contributed by atoms with Gasteiger partial charge in [0.15, 0.2) is 0 Å². The number of hydrogen-bond donors (Lipinski definition) is 1. The highest BCUT2D eigenvalue weighted by molar-refractivity contribution is 6.04. The Hall–Kier alpha value is -2.82. The first-order valence-corrected chi connectivity index (χ1v) is 6.96. The Morgan fingerprint density at radius 2 is 1.82 bits per heavy atom. The zero-order valence-corrected chi connectivity index (χ0v) is 12.2. The van der Waals surface area contributed by atoms with Crippen molar-refractivity contribution in [2.75, 3.05) is 11.9 Å². The molecule has 114 valence electrons. The highest BCUT2D eigenvalue weighted by Crippen LogP contribution is 2.16. The summed E-state index contributed by atoms with van der Waals surface area (Å²) in [6, 6.07) is 12.7. The maximum absolute atomic E-state index is 12.2. The normalized spacial score (nSPS) is 10.0. The van der Waals surface area contributed by atoms with Crippen LogP contribution in [0.3, 0.4) is 0 Å². The smallest absolute Gasteiger partial charge is 0.255 e. The monoisotopic (exact) mass is 298 g/mol. The molecule has 0 aliphatic rings. The summed E-state index contributed by atoms with van der Waals surface area (Å²) >= 11 is 0. The first-order valence-electron chi connectivity index (χ1n) is 6.96. The molecule has 2 aromatic rings. The largest absolute Gasteiger partial charge is 0.545 e. The lowest BCUT2D eigenvalue weighted by atomic mass is 10.1. The number of aromatic carboxylic acids is 1. The number of carbonyl (C=O) groups excluding carboxylic acids is 2. The summed E-state index contributed by atoms with van der Waals surface area (Å²) in [5, 5.41) is 13.4. The third kappa shape index (κ3) is 4.09. The molecule has 0 bridgehead atoms. The predicted molar refractivity (Wildman–Crippen MR) is 81.0 cm³/mol. The van der Waals surface area contributed by atoms with E-state index in [1.165, 1.54) is 24.3 Å². The van der Waals surface area contributed by atoms with Gasteiger partial charge in [0, 0.05) is 11.3 Å². The first-order chi connectivity index (χ1) is 10.6. The van der Waals surface area contributed by atoms with E-state index in [2.05, 4.69) is 5.32 Å². The summed E-state index contributed by atoms with van der Waals surface area (Å²) in [6.07, 6.45) is 0.890. The van der Waals surface area contributed by atoms with Gasteiger partial charge in [-0.05, 0) is 42.3 Å². The van der Waals surface area contributed by atoms with Gasteiger partial charge in [0.05, 0.1) is 12.6 Å². The summed E-state index contributed by atoms with van der Waals surface area (Å²) in [7, 11) is 0. The average Bonchev–Trinajstić information content (AvgIpc) is 2.53. The van der Waals surface area contributed by atoms with E-state index < -0.39 is 5.97 Å². The topological polar surface area (TPSA) is 78.5 Å². The minimum Gasteiger partial charge on any atom is -0.545 e. The van der Waals surface area contributed by atoms with Crippen molar-refractivity contribution in [1.29, 1.82) is 0 Å². The maximum Gasteiger partial charge on any atom is 0.255 e. The third-order valence-corrected chi connectivity index (χ3v) is 2.95. The molecule has 0 unspecified atom stereocenters. The molecule has 1 amide bonds. The minimum absolute atomic E-state index is 0.0629. The minimum atomic E-state index is -1.25. The van der Waals surface area contributed by atoms with Crippen molar-refractivity contribution in [2.45, 2.75) is 13.3 Å². The molecule has 0 fully saturated rings. The van der Waals surface area contributed by atoms with E-state index in [-0.39, 0.29) is 11.5 Å². The number of benzene rings is 2. The molecule has 0 aliphatic carbocycles. The molecule has 2 aromatic carbocycles. The molecular formula is C17H16NO4-. The number of nitrogens with one attached hydrogen (secondary N) is 1. The lowest BCUT2D eigenvalue weighted by molar-refractivity contribution is -0.255. The number of carbonyl (C=O) groups is 2. The Labute approximate surface area is 128 Å². The molecular weight excluding hydrogens is 282 g/mol. The van der Waals surface area contributed by atoms with Crippen molar-refractivity contribution >= 4 is 17.6 Å². The van der Waals surface area contributed by atoms with Crippen LogP contribution in [0.15, 0.2) is 48.5 Å². The Kier molecular flexibility index (Phi) is 5.14. The van der Waals surface area contributed by atoms with Crippen LogP contribution < -0.4 is 15.2 Å². The van der Waals surface area contributed by atoms with Crippen molar-refractivity contribution in [3.63, 3.8) is 0 Å². The van der Waals surface area contributed by atoms with Crippen LogP contribution in [0.25, 0.3) is 0 Å². The number of rotatable bonds is 6. The molecule has 0 aromatic heterocycles. The van der Waals surface area contributed by atoms with E-state index in [1.807, 2.05) is 6.92 Å². The number of amides is 1. The van der Waals surface area contributed by atoms with Crippen LogP contribution in [0.2, 0.25) is 0 Å². The fourth-order valence-electron chi connectivity index (χ4n) is 1.84. The number of hydrogen-bond acceptors (Lipinski definition) is 4. The molecule has 0 atom stereocenters. The average molecular weight is 298 g/mol. The van der Waals surface area contributed by atoms with Gasteiger partial charge in [0.1, 0.15) is 5.75 Å². The van der Waals surface area contributed by atoms with Crippen LogP contribution in [0, 0.1) is 0 Å². The number of anilines is 1. The van der Waals surface area contributed by atoms with Crippen molar-refractivity contribution in [3.8, 4) is 5.75 Å². The van der Waals surface area contributed by atoms with Crippen LogP contribution in [0.4, 0.5) is 5.69 Å². The van der Waals surface area contributed by atoms with Crippen molar-refractivity contribution in [2.24, 2.45) is 0 Å². The van der Waals surface area contributed by atoms with E-state index in [0.29, 0.717) is 23.6 Å². The van der Waals surface area contributed by atoms with Gasteiger partial charge < -0.3 is 20.0 Å². The number of ether oxygens (including phenoxy) is 1. The Bertz CT molecular complexity index is 665. The summed E-state index contributed by atoms with van der Waals surface area (Å²) in [6.45, 7) is 2.60. The van der Waals surface area contributed by atoms with Crippen molar-refractivity contribution < 1.29 is 19.4 Å². The molecule has 5 nitrogen and oxygen atoms in total. The van der Waals surface area contributed by atoms with Crippen molar-refractivity contribution in [1.82, 2.24) is 0 Å². The lowest BCUT2D eigenvalue weighted by Gasteiger charge is -2.09. The summed E-state index contributed by atoms with van der Waals surface area (Å²) < 4.78 is 5.49. The second-order valence-corrected chi connectivity index (χ2v) is 4.70. The molecule has 22 heavy (non-hydrogen) atoms. The van der Waals surface area contributed by atoms with E-state index in [4.69, 9.17) is 4.74 Å².